The Morgan fingerprint density at radius 1 is 1.12 bits per heavy atom. The molecule has 0 radical (unpaired) electrons. The maximum atomic E-state index is 13.0. The van der Waals surface area contributed by atoms with E-state index in [4.69, 9.17) is 18.9 Å². The average Bonchev–Trinajstić information content (AvgIpc) is 3.07. The van der Waals surface area contributed by atoms with Crippen LogP contribution in [0.1, 0.15) is 54.9 Å². The summed E-state index contributed by atoms with van der Waals surface area (Å²) < 4.78 is 22.9. The number of ether oxygens (including phenoxy) is 4. The minimum Gasteiger partial charge on any atom is -0.459 e. The standard InChI is InChI=1S/C24H32O9/c1-8-11(2)21(28)30-16-10-23(6,32-13(4)25)18-15(27)9-12(3)17(18)20-19(16)24(7,22(29)31-20)33-14(5)26/h8-9,15-20,27H,10H2,1-7H3. The fourth-order valence-electron chi connectivity index (χ4n) is 5.78. The number of hydrogen-bond donors (Lipinski definition) is 1. The van der Waals surface area contributed by atoms with E-state index in [1.807, 2.05) is 0 Å². The molecule has 9 heteroatoms. The van der Waals surface area contributed by atoms with E-state index in [9.17, 15) is 24.3 Å². The molecule has 2 aliphatic carbocycles. The molecule has 0 amide bonds. The van der Waals surface area contributed by atoms with E-state index >= 15 is 0 Å². The van der Waals surface area contributed by atoms with E-state index in [2.05, 4.69) is 0 Å². The Hall–Kier alpha value is -2.68. The van der Waals surface area contributed by atoms with Gasteiger partial charge in [-0.05, 0) is 34.6 Å². The summed E-state index contributed by atoms with van der Waals surface area (Å²) in [5, 5.41) is 10.9. The van der Waals surface area contributed by atoms with Crippen LogP contribution in [0.5, 0.6) is 0 Å². The number of aliphatic hydroxyl groups excluding tert-OH is 1. The molecule has 0 aromatic heterocycles. The minimum atomic E-state index is -1.73. The number of fused-ring (bicyclic) bond motifs is 3. The van der Waals surface area contributed by atoms with Gasteiger partial charge in [0, 0.05) is 37.7 Å². The van der Waals surface area contributed by atoms with Crippen molar-refractivity contribution < 1.29 is 43.2 Å². The number of rotatable bonds is 4. The molecule has 0 aromatic rings. The minimum absolute atomic E-state index is 0.0245. The lowest BCUT2D eigenvalue weighted by atomic mass is 9.74. The van der Waals surface area contributed by atoms with Crippen molar-refractivity contribution in [1.82, 2.24) is 0 Å². The number of hydrogen-bond acceptors (Lipinski definition) is 9. The zero-order valence-corrected chi connectivity index (χ0v) is 20.0. The average molecular weight is 465 g/mol. The fourth-order valence-corrected chi connectivity index (χ4v) is 5.78. The first-order valence-corrected chi connectivity index (χ1v) is 11.1. The number of allylic oxidation sites excluding steroid dienone is 1. The van der Waals surface area contributed by atoms with Crippen molar-refractivity contribution in [2.45, 2.75) is 84.4 Å². The molecule has 8 unspecified atom stereocenters. The van der Waals surface area contributed by atoms with Crippen molar-refractivity contribution in [3.63, 3.8) is 0 Å². The maximum absolute atomic E-state index is 13.0. The number of carbonyl (C=O) groups is 4. The third-order valence-corrected chi connectivity index (χ3v) is 7.16. The van der Waals surface area contributed by atoms with Crippen LogP contribution >= 0.6 is 0 Å². The van der Waals surface area contributed by atoms with Crippen LogP contribution in [-0.2, 0) is 38.1 Å². The van der Waals surface area contributed by atoms with E-state index in [0.29, 0.717) is 5.57 Å². The lowest BCUT2D eigenvalue weighted by Gasteiger charge is -2.40. The zero-order valence-electron chi connectivity index (χ0n) is 20.0. The topological polar surface area (TPSA) is 125 Å². The van der Waals surface area contributed by atoms with E-state index in [1.54, 1.807) is 39.8 Å². The third-order valence-electron chi connectivity index (χ3n) is 7.16. The molecule has 33 heavy (non-hydrogen) atoms. The molecular weight excluding hydrogens is 432 g/mol. The van der Waals surface area contributed by atoms with Gasteiger partial charge in [0.2, 0.25) is 5.60 Å². The first kappa shape index (κ1) is 25.0. The van der Waals surface area contributed by atoms with Crippen molar-refractivity contribution in [2.24, 2.45) is 17.8 Å². The predicted molar refractivity (Wildman–Crippen MR) is 114 cm³/mol. The maximum Gasteiger partial charge on any atom is 0.351 e. The molecular formula is C24H32O9. The van der Waals surface area contributed by atoms with E-state index in [1.165, 1.54) is 20.8 Å². The Bertz CT molecular complexity index is 934. The quantitative estimate of drug-likeness (QED) is 0.288. The summed E-state index contributed by atoms with van der Waals surface area (Å²) in [4.78, 5) is 49.8. The molecule has 1 saturated carbocycles. The molecule has 3 aliphatic rings. The van der Waals surface area contributed by atoms with Gasteiger partial charge in [0.1, 0.15) is 17.8 Å². The molecule has 0 bridgehead atoms. The van der Waals surface area contributed by atoms with Gasteiger partial charge in [0.25, 0.3) is 0 Å². The molecule has 0 aromatic carbocycles. The van der Waals surface area contributed by atoms with Gasteiger partial charge in [-0.25, -0.2) is 9.59 Å². The van der Waals surface area contributed by atoms with Gasteiger partial charge in [-0.3, -0.25) is 9.59 Å². The molecule has 1 heterocycles. The summed E-state index contributed by atoms with van der Waals surface area (Å²) in [6, 6.07) is 0. The van der Waals surface area contributed by atoms with Crippen LogP contribution in [-0.4, -0.2) is 58.5 Å². The second-order valence-corrected chi connectivity index (χ2v) is 9.58. The fraction of sp³-hybridized carbons (Fsp3) is 0.667. The first-order chi connectivity index (χ1) is 15.2. The molecule has 8 atom stereocenters. The van der Waals surface area contributed by atoms with E-state index in [-0.39, 0.29) is 6.42 Å². The normalized spacial score (nSPS) is 40.1. The highest BCUT2D eigenvalue weighted by atomic mass is 16.6. The second-order valence-electron chi connectivity index (χ2n) is 9.58. The van der Waals surface area contributed by atoms with Gasteiger partial charge in [0.15, 0.2) is 0 Å². The van der Waals surface area contributed by atoms with Crippen LogP contribution in [0.25, 0.3) is 0 Å². The van der Waals surface area contributed by atoms with Gasteiger partial charge in [-0.2, -0.15) is 0 Å². The predicted octanol–water partition coefficient (Wildman–Crippen LogP) is 2.01. The molecule has 1 N–H and O–H groups in total. The summed E-state index contributed by atoms with van der Waals surface area (Å²) in [6.45, 7) is 10.6. The van der Waals surface area contributed by atoms with Gasteiger partial charge >= 0.3 is 23.9 Å². The van der Waals surface area contributed by atoms with Crippen molar-refractivity contribution in [2.75, 3.05) is 0 Å². The molecule has 1 aliphatic heterocycles. The van der Waals surface area contributed by atoms with Crippen LogP contribution in [0, 0.1) is 17.8 Å². The van der Waals surface area contributed by atoms with Crippen molar-refractivity contribution in [3.05, 3.63) is 23.3 Å². The zero-order chi connectivity index (χ0) is 24.9. The van der Waals surface area contributed by atoms with Crippen molar-refractivity contribution in [3.8, 4) is 0 Å². The lowest BCUT2D eigenvalue weighted by Crippen LogP contribution is -2.51. The summed E-state index contributed by atoms with van der Waals surface area (Å²) in [5.74, 6) is -4.70. The first-order valence-electron chi connectivity index (χ1n) is 11.1. The Balaban J connectivity index is 2.20. The number of aliphatic hydroxyl groups is 1. The van der Waals surface area contributed by atoms with Gasteiger partial charge in [0.05, 0.1) is 12.0 Å². The Labute approximate surface area is 193 Å². The Kier molecular flexibility index (Phi) is 6.50. The third kappa shape index (κ3) is 4.18. The van der Waals surface area contributed by atoms with Gasteiger partial charge < -0.3 is 24.1 Å². The molecule has 3 rings (SSSR count). The van der Waals surface area contributed by atoms with E-state index in [0.717, 1.165) is 5.57 Å². The molecule has 182 valence electrons. The number of esters is 4. The van der Waals surface area contributed by atoms with Crippen LogP contribution in [0.2, 0.25) is 0 Å². The molecule has 2 fully saturated rings. The lowest BCUT2D eigenvalue weighted by molar-refractivity contribution is -0.184. The SMILES string of the molecule is CC=C(C)C(=O)OC1CC(C)(OC(C)=O)C2C(O)C=C(C)C2C2OC(=O)C(C)(OC(C)=O)C12. The van der Waals surface area contributed by atoms with Crippen LogP contribution in [0.15, 0.2) is 23.3 Å². The Morgan fingerprint density at radius 3 is 2.27 bits per heavy atom. The van der Waals surface area contributed by atoms with Crippen molar-refractivity contribution in [1.29, 1.82) is 0 Å². The van der Waals surface area contributed by atoms with Gasteiger partial charge in [-0.1, -0.05) is 17.7 Å². The highest BCUT2D eigenvalue weighted by molar-refractivity contribution is 5.88. The van der Waals surface area contributed by atoms with Gasteiger partial charge in [-0.15, -0.1) is 0 Å². The number of carbonyl (C=O) groups excluding carboxylic acids is 4. The van der Waals surface area contributed by atoms with Crippen LogP contribution < -0.4 is 0 Å². The summed E-state index contributed by atoms with van der Waals surface area (Å²) in [5.41, 5.74) is -1.89. The molecule has 0 spiro atoms. The monoisotopic (exact) mass is 464 g/mol. The van der Waals surface area contributed by atoms with Crippen molar-refractivity contribution >= 4 is 23.9 Å². The van der Waals surface area contributed by atoms with Crippen LogP contribution in [0.4, 0.5) is 0 Å². The Morgan fingerprint density at radius 2 is 1.73 bits per heavy atom. The summed E-state index contributed by atoms with van der Waals surface area (Å²) in [6.07, 6.45) is 0.355. The smallest absolute Gasteiger partial charge is 0.351 e. The largest absolute Gasteiger partial charge is 0.459 e. The highest BCUT2D eigenvalue weighted by Crippen LogP contribution is 2.56. The summed E-state index contributed by atoms with van der Waals surface area (Å²) >= 11 is 0. The van der Waals surface area contributed by atoms with E-state index < -0.39 is 71.1 Å². The highest BCUT2D eigenvalue weighted by Gasteiger charge is 2.69. The second kappa shape index (κ2) is 8.59. The summed E-state index contributed by atoms with van der Waals surface area (Å²) in [7, 11) is 0. The molecule has 9 nitrogen and oxygen atoms in total. The molecule has 1 saturated heterocycles. The van der Waals surface area contributed by atoms with Crippen LogP contribution in [0.3, 0.4) is 0 Å².